The summed E-state index contributed by atoms with van der Waals surface area (Å²) in [5.74, 6) is 1.73. The average molecular weight is 354 g/mol. The van der Waals surface area contributed by atoms with E-state index < -0.39 is 0 Å². The van der Waals surface area contributed by atoms with Crippen LogP contribution in [-0.2, 0) is 6.42 Å². The number of furan rings is 1. The van der Waals surface area contributed by atoms with Gasteiger partial charge in [0.15, 0.2) is 5.76 Å². The number of H-pyrrole nitrogens is 1. The van der Waals surface area contributed by atoms with Gasteiger partial charge in [0.2, 0.25) is 0 Å². The first-order valence-corrected chi connectivity index (χ1v) is 7.93. The van der Waals surface area contributed by atoms with Crippen molar-refractivity contribution in [3.05, 3.63) is 64.4 Å². The maximum atomic E-state index is 12.2. The molecule has 0 bridgehead atoms. The predicted octanol–water partition coefficient (Wildman–Crippen LogP) is 1.59. The Kier molecular flexibility index (Phi) is 5.02. The van der Waals surface area contributed by atoms with Crippen molar-refractivity contribution >= 4 is 11.7 Å². The number of ether oxygens (including phenoxy) is 1. The lowest BCUT2D eigenvalue weighted by Crippen LogP contribution is -2.26. The van der Waals surface area contributed by atoms with Crippen molar-refractivity contribution in [2.24, 2.45) is 0 Å². The molecule has 0 saturated heterocycles. The maximum Gasteiger partial charge on any atom is 0.287 e. The van der Waals surface area contributed by atoms with Crippen LogP contribution in [0.3, 0.4) is 0 Å². The average Bonchev–Trinajstić information content (AvgIpc) is 3.11. The number of hydrogen-bond donors (Lipinski definition) is 3. The first kappa shape index (κ1) is 17.3. The Bertz CT molecular complexity index is 960. The normalized spacial score (nSPS) is 10.5. The van der Waals surface area contributed by atoms with Gasteiger partial charge in [-0.15, -0.1) is 0 Å². The van der Waals surface area contributed by atoms with Crippen molar-refractivity contribution in [2.45, 2.75) is 6.42 Å². The standard InChI is InChI=1S/C18H18N4O4/c1-25-12-4-2-11(3-5-12)13-6-7-14(26-13)18(24)20-9-8-16-21-15(19)10-17(23)22-16/h2-7,10H,8-9H2,1H3,(H,20,24)(H3,19,21,22,23). The quantitative estimate of drug-likeness (QED) is 0.618. The molecule has 0 radical (unpaired) electrons. The number of aromatic amines is 1. The van der Waals surface area contributed by atoms with E-state index in [0.29, 0.717) is 18.0 Å². The highest BCUT2D eigenvalue weighted by Gasteiger charge is 2.12. The van der Waals surface area contributed by atoms with Crippen LogP contribution >= 0.6 is 0 Å². The number of amides is 1. The van der Waals surface area contributed by atoms with Gasteiger partial charge in [-0.3, -0.25) is 9.59 Å². The van der Waals surface area contributed by atoms with Crippen LogP contribution in [-0.4, -0.2) is 29.5 Å². The number of nitrogens with one attached hydrogen (secondary N) is 2. The molecule has 3 rings (SSSR count). The number of benzene rings is 1. The van der Waals surface area contributed by atoms with Crippen LogP contribution in [0.25, 0.3) is 11.3 Å². The minimum absolute atomic E-state index is 0.144. The van der Waals surface area contributed by atoms with Crippen LogP contribution < -0.4 is 21.3 Å². The molecule has 0 unspecified atom stereocenters. The third kappa shape index (κ3) is 4.10. The molecule has 4 N–H and O–H groups in total. The fraction of sp³-hybridized carbons (Fsp3) is 0.167. The molecular weight excluding hydrogens is 336 g/mol. The zero-order valence-electron chi connectivity index (χ0n) is 14.1. The second kappa shape index (κ2) is 7.56. The molecule has 3 aromatic rings. The second-order valence-corrected chi connectivity index (χ2v) is 5.52. The van der Waals surface area contributed by atoms with Gasteiger partial charge in [0.1, 0.15) is 23.2 Å². The van der Waals surface area contributed by atoms with E-state index in [9.17, 15) is 9.59 Å². The van der Waals surface area contributed by atoms with E-state index in [4.69, 9.17) is 14.9 Å². The molecule has 8 heteroatoms. The number of aromatic nitrogens is 2. The summed E-state index contributed by atoms with van der Waals surface area (Å²) in [4.78, 5) is 30.1. The van der Waals surface area contributed by atoms with Crippen LogP contribution in [0, 0.1) is 0 Å². The molecule has 0 aliphatic heterocycles. The lowest BCUT2D eigenvalue weighted by molar-refractivity contribution is 0.0927. The maximum absolute atomic E-state index is 12.2. The Morgan fingerprint density at radius 3 is 2.73 bits per heavy atom. The smallest absolute Gasteiger partial charge is 0.287 e. The molecule has 0 aliphatic rings. The molecule has 8 nitrogen and oxygen atoms in total. The monoisotopic (exact) mass is 354 g/mol. The fourth-order valence-electron chi connectivity index (χ4n) is 2.40. The number of carbonyl (C=O) groups is 1. The van der Waals surface area contributed by atoms with Gasteiger partial charge in [-0.25, -0.2) is 4.98 Å². The van der Waals surface area contributed by atoms with Crippen molar-refractivity contribution in [1.29, 1.82) is 0 Å². The van der Waals surface area contributed by atoms with E-state index in [1.165, 1.54) is 6.07 Å². The lowest BCUT2D eigenvalue weighted by Gasteiger charge is -2.04. The van der Waals surface area contributed by atoms with Gasteiger partial charge in [-0.2, -0.15) is 0 Å². The highest BCUT2D eigenvalue weighted by Crippen LogP contribution is 2.24. The highest BCUT2D eigenvalue weighted by atomic mass is 16.5. The van der Waals surface area contributed by atoms with Crippen LogP contribution in [0.15, 0.2) is 51.7 Å². The van der Waals surface area contributed by atoms with E-state index in [-0.39, 0.29) is 29.6 Å². The van der Waals surface area contributed by atoms with Crippen LogP contribution in [0.5, 0.6) is 5.75 Å². The number of nitrogens with zero attached hydrogens (tertiary/aromatic N) is 1. The van der Waals surface area contributed by atoms with Gasteiger partial charge in [0, 0.05) is 24.6 Å². The first-order valence-electron chi connectivity index (χ1n) is 7.93. The Morgan fingerprint density at radius 2 is 2.04 bits per heavy atom. The van der Waals surface area contributed by atoms with Crippen LogP contribution in [0.1, 0.15) is 16.4 Å². The van der Waals surface area contributed by atoms with Crippen molar-refractivity contribution in [1.82, 2.24) is 15.3 Å². The third-order valence-corrected chi connectivity index (χ3v) is 3.66. The molecule has 0 atom stereocenters. The van der Waals surface area contributed by atoms with Gasteiger partial charge in [0.05, 0.1) is 7.11 Å². The lowest BCUT2D eigenvalue weighted by atomic mass is 10.2. The van der Waals surface area contributed by atoms with Crippen molar-refractivity contribution in [3.63, 3.8) is 0 Å². The van der Waals surface area contributed by atoms with Gasteiger partial charge in [-0.1, -0.05) is 0 Å². The summed E-state index contributed by atoms with van der Waals surface area (Å²) in [6, 6.07) is 11.9. The van der Waals surface area contributed by atoms with E-state index in [1.807, 2.05) is 24.3 Å². The fourth-order valence-corrected chi connectivity index (χ4v) is 2.40. The number of anilines is 1. The molecule has 0 fully saturated rings. The van der Waals surface area contributed by atoms with Gasteiger partial charge in [-0.05, 0) is 36.4 Å². The SMILES string of the molecule is COc1ccc(-c2ccc(C(=O)NCCc3nc(N)cc(=O)[nH]3)o2)cc1. The Hall–Kier alpha value is -3.55. The van der Waals surface area contributed by atoms with Crippen LogP contribution in [0.2, 0.25) is 0 Å². The number of rotatable bonds is 6. The molecule has 2 heterocycles. The molecule has 0 saturated carbocycles. The highest BCUT2D eigenvalue weighted by molar-refractivity contribution is 5.92. The van der Waals surface area contributed by atoms with Crippen molar-refractivity contribution in [2.75, 3.05) is 19.4 Å². The van der Waals surface area contributed by atoms with Gasteiger partial charge in [0.25, 0.3) is 11.5 Å². The van der Waals surface area contributed by atoms with E-state index in [2.05, 4.69) is 15.3 Å². The summed E-state index contributed by atoms with van der Waals surface area (Å²) in [6.07, 6.45) is 0.345. The van der Waals surface area contributed by atoms with Crippen molar-refractivity contribution in [3.8, 4) is 17.1 Å². The van der Waals surface area contributed by atoms with E-state index in [1.54, 1.807) is 19.2 Å². The second-order valence-electron chi connectivity index (χ2n) is 5.52. The van der Waals surface area contributed by atoms with Gasteiger partial charge >= 0.3 is 0 Å². The minimum atomic E-state index is -0.351. The van der Waals surface area contributed by atoms with Gasteiger partial charge < -0.3 is 25.2 Å². The predicted molar refractivity (Wildman–Crippen MR) is 96.0 cm³/mol. The summed E-state index contributed by atoms with van der Waals surface area (Å²) >= 11 is 0. The number of nitrogens with two attached hydrogens (primary N) is 1. The molecule has 1 amide bonds. The van der Waals surface area contributed by atoms with Crippen LogP contribution in [0.4, 0.5) is 5.82 Å². The molecule has 26 heavy (non-hydrogen) atoms. The number of nitrogen functional groups attached to an aromatic ring is 1. The number of hydrogen-bond acceptors (Lipinski definition) is 6. The Labute approximate surface area is 149 Å². The summed E-state index contributed by atoms with van der Waals surface area (Å²) in [7, 11) is 1.60. The molecule has 2 aromatic heterocycles. The Morgan fingerprint density at radius 1 is 1.27 bits per heavy atom. The number of methoxy groups -OCH3 is 1. The third-order valence-electron chi connectivity index (χ3n) is 3.66. The first-order chi connectivity index (χ1) is 12.5. The summed E-state index contributed by atoms with van der Waals surface area (Å²) < 4.78 is 10.7. The summed E-state index contributed by atoms with van der Waals surface area (Å²) in [5.41, 5.74) is 6.03. The van der Waals surface area contributed by atoms with E-state index in [0.717, 1.165) is 11.3 Å². The largest absolute Gasteiger partial charge is 0.497 e. The minimum Gasteiger partial charge on any atom is -0.497 e. The summed E-state index contributed by atoms with van der Waals surface area (Å²) in [6.45, 7) is 0.282. The molecule has 0 aliphatic carbocycles. The topological polar surface area (TPSA) is 123 Å². The number of carbonyl (C=O) groups excluding carboxylic acids is 1. The van der Waals surface area contributed by atoms with E-state index >= 15 is 0 Å². The zero-order valence-corrected chi connectivity index (χ0v) is 14.1. The molecule has 1 aromatic carbocycles. The van der Waals surface area contributed by atoms with Crippen molar-refractivity contribution < 1.29 is 13.9 Å². The molecule has 0 spiro atoms. The molecular formula is C18H18N4O4. The Balaban J connectivity index is 1.60. The summed E-state index contributed by atoms with van der Waals surface area (Å²) in [5, 5.41) is 2.71. The molecule has 134 valence electrons. The zero-order chi connectivity index (χ0) is 18.5.